The summed E-state index contributed by atoms with van der Waals surface area (Å²) in [5.74, 6) is 0.339. The van der Waals surface area contributed by atoms with Crippen LogP contribution in [-0.4, -0.2) is 38.5 Å². The zero-order valence-electron chi connectivity index (χ0n) is 8.73. The van der Waals surface area contributed by atoms with Crippen molar-refractivity contribution in [2.24, 2.45) is 11.1 Å². The monoisotopic (exact) mass is 224 g/mol. The van der Waals surface area contributed by atoms with Crippen molar-refractivity contribution in [1.82, 2.24) is 5.32 Å². The third-order valence-corrected chi connectivity index (χ3v) is 2.46. The summed E-state index contributed by atoms with van der Waals surface area (Å²) in [6.07, 6.45) is 0.290. The van der Waals surface area contributed by atoms with Crippen LogP contribution in [0.5, 0.6) is 0 Å². The fourth-order valence-corrected chi connectivity index (χ4v) is 1.54. The number of sulfonamides is 1. The van der Waals surface area contributed by atoms with Crippen molar-refractivity contribution >= 4 is 10.0 Å². The lowest BCUT2D eigenvalue weighted by atomic mass is 10.1. The van der Waals surface area contributed by atoms with E-state index in [1.165, 1.54) is 0 Å². The van der Waals surface area contributed by atoms with Crippen molar-refractivity contribution in [3.8, 4) is 0 Å². The molecule has 0 aromatic heterocycles. The van der Waals surface area contributed by atoms with Gasteiger partial charge in [0.25, 0.3) is 0 Å². The highest BCUT2D eigenvalue weighted by Gasteiger charge is 2.07. The molecule has 0 aromatic carbocycles. The number of hydrogen-bond acceptors (Lipinski definition) is 4. The van der Waals surface area contributed by atoms with Gasteiger partial charge in [-0.25, -0.2) is 13.6 Å². The normalized spacial score (nSPS) is 14.6. The highest BCUT2D eigenvalue weighted by molar-refractivity contribution is 7.89. The van der Waals surface area contributed by atoms with Crippen LogP contribution in [0.1, 0.15) is 20.3 Å². The highest BCUT2D eigenvalue weighted by Crippen LogP contribution is 2.02. The predicted molar refractivity (Wildman–Crippen MR) is 56.3 cm³/mol. The molecule has 0 amide bonds. The average molecular weight is 224 g/mol. The van der Waals surface area contributed by atoms with Crippen LogP contribution >= 0.6 is 0 Å². The van der Waals surface area contributed by atoms with E-state index in [4.69, 9.17) is 5.14 Å². The van der Waals surface area contributed by atoms with Crippen molar-refractivity contribution in [3.63, 3.8) is 0 Å². The first kappa shape index (κ1) is 13.8. The third-order valence-electron chi connectivity index (χ3n) is 1.69. The van der Waals surface area contributed by atoms with Crippen LogP contribution in [0.25, 0.3) is 0 Å². The van der Waals surface area contributed by atoms with Crippen molar-refractivity contribution in [3.05, 3.63) is 0 Å². The molecule has 0 aliphatic carbocycles. The summed E-state index contributed by atoms with van der Waals surface area (Å²) >= 11 is 0. The Morgan fingerprint density at radius 3 is 2.43 bits per heavy atom. The zero-order chi connectivity index (χ0) is 11.2. The second-order valence-corrected chi connectivity index (χ2v) is 5.59. The molecule has 0 aliphatic heterocycles. The molecule has 0 radical (unpaired) electrons. The number of aliphatic hydroxyl groups is 1. The minimum atomic E-state index is -3.39. The molecule has 1 atom stereocenters. The van der Waals surface area contributed by atoms with Crippen LogP contribution < -0.4 is 10.5 Å². The lowest BCUT2D eigenvalue weighted by molar-refractivity contribution is 0.147. The lowest BCUT2D eigenvalue weighted by Crippen LogP contribution is -2.33. The second-order valence-electron chi connectivity index (χ2n) is 3.85. The molecule has 0 saturated heterocycles. The fourth-order valence-electron chi connectivity index (χ4n) is 1.11. The smallest absolute Gasteiger partial charge is 0.210 e. The van der Waals surface area contributed by atoms with E-state index in [-0.39, 0.29) is 12.3 Å². The number of nitrogens with two attached hydrogens (primary N) is 1. The summed E-state index contributed by atoms with van der Waals surface area (Å²) in [5.41, 5.74) is 0. The van der Waals surface area contributed by atoms with Gasteiger partial charge in [-0.3, -0.25) is 0 Å². The molecule has 0 rings (SSSR count). The van der Waals surface area contributed by atoms with Gasteiger partial charge in [0.05, 0.1) is 11.9 Å². The molecule has 0 bridgehead atoms. The summed E-state index contributed by atoms with van der Waals surface area (Å²) in [5, 5.41) is 17.0. The molecule has 1 unspecified atom stereocenters. The van der Waals surface area contributed by atoms with Crippen LogP contribution in [0.4, 0.5) is 0 Å². The van der Waals surface area contributed by atoms with Crippen LogP contribution in [0.15, 0.2) is 0 Å². The number of rotatable bonds is 7. The molecule has 0 aliphatic rings. The van der Waals surface area contributed by atoms with E-state index in [2.05, 4.69) is 5.32 Å². The summed E-state index contributed by atoms with van der Waals surface area (Å²) in [6, 6.07) is 0. The Kier molecular flexibility index (Phi) is 6.26. The van der Waals surface area contributed by atoms with Gasteiger partial charge in [-0.1, -0.05) is 13.8 Å². The first-order chi connectivity index (χ1) is 6.31. The van der Waals surface area contributed by atoms with Crippen molar-refractivity contribution < 1.29 is 13.5 Å². The van der Waals surface area contributed by atoms with E-state index < -0.39 is 16.1 Å². The lowest BCUT2D eigenvalue weighted by Gasteiger charge is -2.13. The minimum Gasteiger partial charge on any atom is -0.392 e. The molecule has 14 heavy (non-hydrogen) atoms. The van der Waals surface area contributed by atoms with Gasteiger partial charge in [-0.05, 0) is 12.3 Å². The Bertz CT molecular complexity index is 239. The third kappa shape index (κ3) is 9.91. The molecule has 0 fully saturated rings. The summed E-state index contributed by atoms with van der Waals surface area (Å²) in [7, 11) is -3.39. The predicted octanol–water partition coefficient (Wildman–Crippen LogP) is -0.728. The zero-order valence-corrected chi connectivity index (χ0v) is 9.55. The SMILES string of the molecule is CC(C)CC(O)CNCCS(N)(=O)=O. The van der Waals surface area contributed by atoms with Crippen LogP contribution in [0, 0.1) is 5.92 Å². The molecule has 6 heteroatoms. The second kappa shape index (κ2) is 6.34. The molecule has 0 heterocycles. The number of hydrogen-bond donors (Lipinski definition) is 3. The summed E-state index contributed by atoms with van der Waals surface area (Å²) < 4.78 is 21.1. The Morgan fingerprint density at radius 1 is 1.43 bits per heavy atom. The molecule has 5 nitrogen and oxygen atoms in total. The molecule has 0 aromatic rings. The van der Waals surface area contributed by atoms with E-state index in [9.17, 15) is 13.5 Å². The Balaban J connectivity index is 3.45. The maximum Gasteiger partial charge on any atom is 0.210 e. The van der Waals surface area contributed by atoms with Gasteiger partial charge >= 0.3 is 0 Å². The Labute approximate surface area is 85.7 Å². The van der Waals surface area contributed by atoms with Gasteiger partial charge in [0.15, 0.2) is 0 Å². The van der Waals surface area contributed by atoms with Gasteiger partial charge in [0, 0.05) is 13.1 Å². The van der Waals surface area contributed by atoms with E-state index >= 15 is 0 Å². The summed E-state index contributed by atoms with van der Waals surface area (Å²) in [6.45, 7) is 4.74. The van der Waals surface area contributed by atoms with E-state index in [0.717, 1.165) is 0 Å². The molecule has 4 N–H and O–H groups in total. The topological polar surface area (TPSA) is 92.4 Å². The quantitative estimate of drug-likeness (QED) is 0.497. The maximum atomic E-state index is 10.5. The molecule has 0 saturated carbocycles. The number of nitrogens with one attached hydrogen (secondary N) is 1. The van der Waals surface area contributed by atoms with Gasteiger partial charge in [-0.2, -0.15) is 0 Å². The molecule has 86 valence electrons. The highest BCUT2D eigenvalue weighted by atomic mass is 32.2. The standard InChI is InChI=1S/C8H20N2O3S/c1-7(2)5-8(11)6-10-3-4-14(9,12)13/h7-8,10-11H,3-6H2,1-2H3,(H2,9,12,13). The van der Waals surface area contributed by atoms with Gasteiger partial charge in [0.2, 0.25) is 10.0 Å². The van der Waals surface area contributed by atoms with Crippen LogP contribution in [-0.2, 0) is 10.0 Å². The molecule has 0 spiro atoms. The van der Waals surface area contributed by atoms with Gasteiger partial charge in [0.1, 0.15) is 0 Å². The van der Waals surface area contributed by atoms with Crippen LogP contribution in [0.2, 0.25) is 0 Å². The van der Waals surface area contributed by atoms with E-state index in [1.54, 1.807) is 0 Å². The fraction of sp³-hybridized carbons (Fsp3) is 1.00. The van der Waals surface area contributed by atoms with Crippen molar-refractivity contribution in [2.75, 3.05) is 18.8 Å². The van der Waals surface area contributed by atoms with Crippen molar-refractivity contribution in [2.45, 2.75) is 26.4 Å². The van der Waals surface area contributed by atoms with Gasteiger partial charge < -0.3 is 10.4 Å². The van der Waals surface area contributed by atoms with Crippen molar-refractivity contribution in [1.29, 1.82) is 0 Å². The average Bonchev–Trinajstić information content (AvgIpc) is 1.95. The maximum absolute atomic E-state index is 10.5. The van der Waals surface area contributed by atoms with E-state index in [0.29, 0.717) is 18.9 Å². The van der Waals surface area contributed by atoms with Gasteiger partial charge in [-0.15, -0.1) is 0 Å². The molecular formula is C8H20N2O3S. The Hall–Kier alpha value is -0.170. The van der Waals surface area contributed by atoms with E-state index in [1.807, 2.05) is 13.8 Å². The number of aliphatic hydroxyl groups excluding tert-OH is 1. The number of primary sulfonamides is 1. The van der Waals surface area contributed by atoms with Crippen LogP contribution in [0.3, 0.4) is 0 Å². The largest absolute Gasteiger partial charge is 0.392 e. The minimum absolute atomic E-state index is 0.0958. The first-order valence-corrected chi connectivity index (χ1v) is 6.42. The Morgan fingerprint density at radius 2 is 2.00 bits per heavy atom. The first-order valence-electron chi connectivity index (χ1n) is 4.70. The summed E-state index contributed by atoms with van der Waals surface area (Å²) in [4.78, 5) is 0. The molecular weight excluding hydrogens is 204 g/mol.